The molecule has 0 saturated carbocycles. The van der Waals surface area contributed by atoms with Crippen LogP contribution >= 0.6 is 0 Å². The zero-order chi connectivity index (χ0) is 59.1. The third-order valence-corrected chi connectivity index (χ3v) is 22.8. The summed E-state index contributed by atoms with van der Waals surface area (Å²) in [6.45, 7) is 0. The summed E-state index contributed by atoms with van der Waals surface area (Å²) >= 11 is 0. The molecule has 1 heterocycles. The molecular weight excluding hydrogens is 931 g/mol. The van der Waals surface area contributed by atoms with Gasteiger partial charge in [-0.3, -0.25) is 0 Å². The van der Waals surface area contributed by atoms with Gasteiger partial charge in [0.25, 0.3) is 0 Å². The summed E-state index contributed by atoms with van der Waals surface area (Å²) in [6.07, 6.45) is 0. The Balaban J connectivity index is 1.58. The van der Waals surface area contributed by atoms with Gasteiger partial charge in [-0.2, -0.15) is 0 Å². The molecule has 0 saturated heterocycles. The summed E-state index contributed by atoms with van der Waals surface area (Å²) in [5.74, 6) is 0. The van der Waals surface area contributed by atoms with E-state index in [4.69, 9.17) is 4.42 Å². The van der Waals surface area contributed by atoms with Crippen LogP contribution in [0.1, 0.15) is 0 Å². The van der Waals surface area contributed by atoms with Crippen molar-refractivity contribution in [3.05, 3.63) is 6.07 Å². The fourth-order valence-corrected chi connectivity index (χ4v) is 15.3. The van der Waals surface area contributed by atoms with Crippen LogP contribution < -0.4 is 169 Å². The summed E-state index contributed by atoms with van der Waals surface area (Å²) < 4.78 is 7.44. The average molecular weight is 992 g/mol. The topological polar surface area (TPSA) is 16.4 Å². The van der Waals surface area contributed by atoms with Crippen molar-refractivity contribution in [2.24, 2.45) is 0 Å². The van der Waals surface area contributed by atoms with E-state index in [1.165, 1.54) is 247 Å². The number of hydrogen-bond donors (Lipinski definition) is 0. The number of anilines is 3. The number of benzene rings is 8. The Hall–Kier alpha value is -4.69. The van der Waals surface area contributed by atoms with E-state index in [-0.39, 0.29) is 0 Å². The van der Waals surface area contributed by atoms with Crippen molar-refractivity contribution < 1.29 is 4.42 Å². The molecule has 0 N–H and O–H groups in total. The molecule has 9 aromatic rings. The SMILES string of the molecule is Bc1cc(N(c2c(B)c(B)c(B)c3c2-c2c(B)c(B)c(B)c(B)c2-c2c(B)c(B)c(B)c(B)c2-c2c(B)c(B)c(B)c(B)c2-3)c2c(B)c(B)c(B)c3oc4c(B)c(B)c(B)c(B)c4c23)c(B)c(B)c1-c1c(B)c(B)c(B)c(B)c1B. The lowest BCUT2D eigenvalue weighted by molar-refractivity contribution is 0.675. The molecule has 1 aromatic heterocycles. The predicted octanol–water partition coefficient (Wildman–Crippen LogP) is -38.5. The van der Waals surface area contributed by atoms with Crippen LogP contribution in [-0.2, 0) is 0 Å². The van der Waals surface area contributed by atoms with Gasteiger partial charge in [-0.1, -0.05) is 109 Å². The van der Waals surface area contributed by atoms with Crippen LogP contribution in [0, 0.1) is 0 Å². The van der Waals surface area contributed by atoms with Crippen LogP contribution in [0.2, 0.25) is 0 Å². The van der Waals surface area contributed by atoms with E-state index < -0.39 is 0 Å². The molecule has 0 fully saturated rings. The Kier molecular flexibility index (Phi) is 14.6. The first-order valence-corrected chi connectivity index (χ1v) is 29.7. The van der Waals surface area contributed by atoms with Crippen molar-refractivity contribution in [1.29, 1.82) is 0 Å². The monoisotopic (exact) mass is 998 g/mol. The van der Waals surface area contributed by atoms with Gasteiger partial charge in [0.15, 0.2) is 0 Å². The minimum absolute atomic E-state index is 0.982. The first-order valence-electron chi connectivity index (χ1n) is 29.7. The zero-order valence-electron chi connectivity index (χ0n) is 54.9. The van der Waals surface area contributed by atoms with Gasteiger partial charge in [0.05, 0.1) is 11.1 Å². The van der Waals surface area contributed by atoms with Crippen molar-refractivity contribution in [3.8, 4) is 55.6 Å². The lowest BCUT2D eigenvalue weighted by Crippen LogP contribution is -2.56. The molecular formula is C48H61B30NO. The van der Waals surface area contributed by atoms with Crippen molar-refractivity contribution in [2.75, 3.05) is 4.90 Å². The maximum atomic E-state index is 7.44. The quantitative estimate of drug-likeness (QED) is 0.163. The van der Waals surface area contributed by atoms with E-state index in [9.17, 15) is 0 Å². The summed E-state index contributed by atoms with van der Waals surface area (Å²) in [6, 6.07) is 2.58. The lowest BCUT2D eigenvalue weighted by Gasteiger charge is -2.41. The summed E-state index contributed by atoms with van der Waals surface area (Å²) in [7, 11) is 71.2. The van der Waals surface area contributed by atoms with Gasteiger partial charge in [-0.15, -0.1) is 54.6 Å². The van der Waals surface area contributed by atoms with Gasteiger partial charge in [-0.05, 0) is 56.1 Å². The van der Waals surface area contributed by atoms with Crippen LogP contribution in [0.25, 0.3) is 77.6 Å². The molecule has 0 atom stereocenters. The van der Waals surface area contributed by atoms with Crippen LogP contribution in [-0.4, -0.2) is 235 Å². The highest BCUT2D eigenvalue weighted by Crippen LogP contribution is 2.49. The second-order valence-electron chi connectivity index (χ2n) is 25.6. The van der Waals surface area contributed by atoms with Gasteiger partial charge in [-0.25, -0.2) is 0 Å². The minimum atomic E-state index is 0.982. The van der Waals surface area contributed by atoms with Crippen LogP contribution in [0.15, 0.2) is 10.5 Å². The molecule has 32 heteroatoms. The standard InChI is InChI=1S/C48H61B30NO/c49-2-1-3(16(50)17(51)4(2)13-25(59)34(68)38(72)35(69)26(13)60)79(46-15-14-27(61)36(70)39(73)43(77)47(14)80-48(15)44(78)40(74)42(46)76)45-12-10-8(21(55)32(66)33(67)23(10)57)6-5(18(52)28(62)29(63)19(6)53)7-9(11(12)24(58)37(71)41(45)75)22(56)31(65)30(64)20(7)54/h1H,49-78H2. The molecule has 10 rings (SSSR count). The minimum Gasteiger partial charge on any atom is -0.457 e. The lowest BCUT2D eigenvalue weighted by atomic mass is 9.53. The Morgan fingerprint density at radius 2 is 0.450 bits per heavy atom. The molecule has 80 heavy (non-hydrogen) atoms. The van der Waals surface area contributed by atoms with E-state index in [1.54, 1.807) is 0 Å². The maximum Gasteiger partial charge on any atom is 0.143 e. The maximum absolute atomic E-state index is 7.44. The number of rotatable bonds is 4. The Labute approximate surface area is 505 Å². The third kappa shape index (κ3) is 7.69. The summed E-state index contributed by atoms with van der Waals surface area (Å²) in [5, 5.41) is 2.43. The Morgan fingerprint density at radius 1 is 0.200 bits per heavy atom. The molecule has 8 aromatic carbocycles. The molecule has 0 aliphatic heterocycles. The first-order chi connectivity index (χ1) is 37.3. The molecule has 0 bridgehead atoms. The second-order valence-corrected chi connectivity index (χ2v) is 25.6. The normalized spacial score (nSPS) is 11.8. The van der Waals surface area contributed by atoms with Gasteiger partial charge in [0.2, 0.25) is 0 Å². The van der Waals surface area contributed by atoms with Crippen molar-refractivity contribution >= 4 is 438 Å². The number of fused-ring (bicyclic) bond motifs is 11. The smallest absolute Gasteiger partial charge is 0.143 e. The fraction of sp³-hybridized carbons (Fsp3) is 0. The molecule has 2 nitrogen and oxygen atoms in total. The molecule has 1 aliphatic carbocycles. The zero-order valence-corrected chi connectivity index (χ0v) is 54.9. The molecule has 0 unspecified atom stereocenters. The molecule has 1 aliphatic rings. The molecule has 0 spiro atoms. The van der Waals surface area contributed by atoms with Crippen LogP contribution in [0.4, 0.5) is 17.1 Å². The number of nitrogens with zero attached hydrogens (tertiary/aromatic N) is 1. The largest absolute Gasteiger partial charge is 0.457 e. The van der Waals surface area contributed by atoms with E-state index in [2.05, 4.69) is 246 Å². The van der Waals surface area contributed by atoms with Crippen molar-refractivity contribution in [3.63, 3.8) is 0 Å². The number of hydrogen-bond acceptors (Lipinski definition) is 2. The van der Waals surface area contributed by atoms with Crippen LogP contribution in [0.5, 0.6) is 0 Å². The molecule has 0 radical (unpaired) electrons. The van der Waals surface area contributed by atoms with Gasteiger partial charge in [0.1, 0.15) is 247 Å². The van der Waals surface area contributed by atoms with Crippen LogP contribution in [0.3, 0.4) is 0 Å². The highest BCUT2D eigenvalue weighted by atomic mass is 16.3. The fourth-order valence-electron chi connectivity index (χ4n) is 15.3. The Morgan fingerprint density at radius 3 is 0.838 bits per heavy atom. The average Bonchev–Trinajstić information content (AvgIpc) is 3.84. The molecule has 354 valence electrons. The highest BCUT2D eigenvalue weighted by molar-refractivity contribution is 6.75. The third-order valence-electron chi connectivity index (χ3n) is 22.8. The molecule has 0 amide bonds. The van der Waals surface area contributed by atoms with Crippen molar-refractivity contribution in [1.82, 2.24) is 0 Å². The van der Waals surface area contributed by atoms with Gasteiger partial charge in [0, 0.05) is 22.3 Å². The van der Waals surface area contributed by atoms with Crippen molar-refractivity contribution in [2.45, 2.75) is 0 Å². The summed E-state index contributed by atoms with van der Waals surface area (Å²) in [5.41, 5.74) is 59.4. The van der Waals surface area contributed by atoms with Gasteiger partial charge < -0.3 is 9.32 Å². The van der Waals surface area contributed by atoms with E-state index >= 15 is 0 Å². The van der Waals surface area contributed by atoms with E-state index in [0.29, 0.717) is 0 Å². The summed E-state index contributed by atoms with van der Waals surface area (Å²) in [4.78, 5) is 2.81. The number of furan rings is 1. The van der Waals surface area contributed by atoms with Gasteiger partial charge >= 0.3 is 0 Å². The second kappa shape index (κ2) is 20.0. The first kappa shape index (κ1) is 58.5. The predicted molar refractivity (Wildman–Crippen MR) is 454 cm³/mol. The Bertz CT molecular complexity index is 4390. The van der Waals surface area contributed by atoms with E-state index in [0.717, 1.165) is 11.2 Å². The highest BCUT2D eigenvalue weighted by Gasteiger charge is 2.38. The van der Waals surface area contributed by atoms with E-state index in [1.807, 2.05) is 0 Å².